The SMILES string of the molecule is CNC(Cc1c(C)cccc1C)C1CC1. The van der Waals surface area contributed by atoms with Crippen LogP contribution in [0.15, 0.2) is 18.2 Å². The predicted octanol–water partition coefficient (Wildman–Crippen LogP) is 2.84. The molecule has 1 aromatic rings. The zero-order chi connectivity index (χ0) is 10.8. The number of rotatable bonds is 4. The molecule has 1 heteroatoms. The molecule has 0 spiro atoms. The van der Waals surface area contributed by atoms with Gasteiger partial charge in [0, 0.05) is 6.04 Å². The second-order valence-corrected chi connectivity index (χ2v) is 4.81. The fourth-order valence-corrected chi connectivity index (χ4v) is 2.39. The molecule has 0 saturated heterocycles. The Morgan fingerprint density at radius 3 is 2.33 bits per heavy atom. The van der Waals surface area contributed by atoms with Crippen molar-refractivity contribution >= 4 is 0 Å². The van der Waals surface area contributed by atoms with Crippen molar-refractivity contribution < 1.29 is 0 Å². The van der Waals surface area contributed by atoms with Crippen molar-refractivity contribution in [3.8, 4) is 0 Å². The third-order valence-corrected chi connectivity index (χ3v) is 3.63. The van der Waals surface area contributed by atoms with Crippen LogP contribution in [0.1, 0.15) is 29.5 Å². The normalized spacial score (nSPS) is 17.8. The molecule has 1 fully saturated rings. The van der Waals surface area contributed by atoms with Gasteiger partial charge in [-0.3, -0.25) is 0 Å². The van der Waals surface area contributed by atoms with Gasteiger partial charge in [0.1, 0.15) is 0 Å². The van der Waals surface area contributed by atoms with E-state index in [4.69, 9.17) is 0 Å². The lowest BCUT2D eigenvalue weighted by atomic mass is 9.94. The molecular formula is C14H21N. The van der Waals surface area contributed by atoms with Crippen LogP contribution in [0.3, 0.4) is 0 Å². The number of likely N-dealkylation sites (N-methyl/N-ethyl adjacent to an activating group) is 1. The molecule has 1 unspecified atom stereocenters. The van der Waals surface area contributed by atoms with Gasteiger partial charge < -0.3 is 5.32 Å². The highest BCUT2D eigenvalue weighted by Crippen LogP contribution is 2.34. The van der Waals surface area contributed by atoms with Crippen LogP contribution in [0, 0.1) is 19.8 Å². The minimum Gasteiger partial charge on any atom is -0.316 e. The van der Waals surface area contributed by atoms with Crippen LogP contribution in [-0.4, -0.2) is 13.1 Å². The summed E-state index contributed by atoms with van der Waals surface area (Å²) in [6.45, 7) is 4.45. The van der Waals surface area contributed by atoms with Gasteiger partial charge in [-0.2, -0.15) is 0 Å². The van der Waals surface area contributed by atoms with Gasteiger partial charge in [-0.25, -0.2) is 0 Å². The van der Waals surface area contributed by atoms with Crippen LogP contribution < -0.4 is 5.32 Å². The zero-order valence-corrected chi connectivity index (χ0v) is 10.0. The maximum Gasteiger partial charge on any atom is 0.0133 e. The molecule has 1 atom stereocenters. The molecule has 0 bridgehead atoms. The van der Waals surface area contributed by atoms with Gasteiger partial charge in [0.2, 0.25) is 0 Å². The maximum absolute atomic E-state index is 3.47. The number of hydrogen-bond acceptors (Lipinski definition) is 1. The van der Waals surface area contributed by atoms with E-state index in [1.165, 1.54) is 30.4 Å². The van der Waals surface area contributed by atoms with E-state index >= 15 is 0 Å². The molecule has 2 rings (SSSR count). The molecule has 0 amide bonds. The van der Waals surface area contributed by atoms with Crippen LogP contribution in [0.5, 0.6) is 0 Å². The Kier molecular flexibility index (Phi) is 3.11. The third kappa shape index (κ3) is 2.40. The Labute approximate surface area is 92.9 Å². The Morgan fingerprint density at radius 2 is 1.87 bits per heavy atom. The average Bonchev–Trinajstić information content (AvgIpc) is 3.01. The highest BCUT2D eigenvalue weighted by molar-refractivity contribution is 5.34. The summed E-state index contributed by atoms with van der Waals surface area (Å²) in [6.07, 6.45) is 4.02. The van der Waals surface area contributed by atoms with Gasteiger partial charge in [0.05, 0.1) is 0 Å². The van der Waals surface area contributed by atoms with E-state index in [0.717, 1.165) is 5.92 Å². The fraction of sp³-hybridized carbons (Fsp3) is 0.571. The standard InChI is InChI=1S/C14H21N/c1-10-5-4-6-11(2)13(10)9-14(15-3)12-7-8-12/h4-6,12,14-15H,7-9H2,1-3H3. The van der Waals surface area contributed by atoms with Crippen LogP contribution in [-0.2, 0) is 6.42 Å². The number of benzene rings is 1. The predicted molar refractivity (Wildman–Crippen MR) is 65.2 cm³/mol. The number of aryl methyl sites for hydroxylation is 2. The van der Waals surface area contributed by atoms with E-state index in [1.807, 2.05) is 0 Å². The maximum atomic E-state index is 3.47. The van der Waals surface area contributed by atoms with Gasteiger partial charge in [-0.1, -0.05) is 18.2 Å². The molecule has 0 aromatic heterocycles. The highest BCUT2D eigenvalue weighted by atomic mass is 14.9. The van der Waals surface area contributed by atoms with E-state index in [1.54, 1.807) is 5.56 Å². The molecule has 0 aliphatic heterocycles. The van der Waals surface area contributed by atoms with Gasteiger partial charge >= 0.3 is 0 Å². The molecular weight excluding hydrogens is 182 g/mol. The van der Waals surface area contributed by atoms with Crippen molar-refractivity contribution in [3.63, 3.8) is 0 Å². The lowest BCUT2D eigenvalue weighted by molar-refractivity contribution is 0.499. The Balaban J connectivity index is 2.14. The summed E-state index contributed by atoms with van der Waals surface area (Å²) in [5.74, 6) is 0.925. The van der Waals surface area contributed by atoms with Crippen molar-refractivity contribution in [3.05, 3.63) is 34.9 Å². The minimum atomic E-state index is 0.685. The smallest absolute Gasteiger partial charge is 0.0133 e. The summed E-state index contributed by atoms with van der Waals surface area (Å²) in [4.78, 5) is 0. The topological polar surface area (TPSA) is 12.0 Å². The first-order valence-electron chi connectivity index (χ1n) is 5.94. The molecule has 1 N–H and O–H groups in total. The van der Waals surface area contributed by atoms with E-state index in [2.05, 4.69) is 44.4 Å². The molecule has 1 aliphatic carbocycles. The van der Waals surface area contributed by atoms with Gasteiger partial charge in [0.25, 0.3) is 0 Å². The van der Waals surface area contributed by atoms with E-state index in [-0.39, 0.29) is 0 Å². The second kappa shape index (κ2) is 4.36. The largest absolute Gasteiger partial charge is 0.316 e. The molecule has 0 heterocycles. The van der Waals surface area contributed by atoms with Gasteiger partial charge in [-0.05, 0) is 62.8 Å². The quantitative estimate of drug-likeness (QED) is 0.793. The molecule has 82 valence electrons. The zero-order valence-electron chi connectivity index (χ0n) is 10.0. The summed E-state index contributed by atoms with van der Waals surface area (Å²) < 4.78 is 0. The van der Waals surface area contributed by atoms with Crippen molar-refractivity contribution in [2.45, 2.75) is 39.2 Å². The molecule has 0 radical (unpaired) electrons. The summed E-state index contributed by atoms with van der Waals surface area (Å²) in [7, 11) is 2.09. The summed E-state index contributed by atoms with van der Waals surface area (Å²) >= 11 is 0. The minimum absolute atomic E-state index is 0.685. The fourth-order valence-electron chi connectivity index (χ4n) is 2.39. The van der Waals surface area contributed by atoms with Gasteiger partial charge in [0.15, 0.2) is 0 Å². The van der Waals surface area contributed by atoms with Gasteiger partial charge in [-0.15, -0.1) is 0 Å². The molecule has 15 heavy (non-hydrogen) atoms. The van der Waals surface area contributed by atoms with Crippen LogP contribution >= 0.6 is 0 Å². The number of hydrogen-bond donors (Lipinski definition) is 1. The van der Waals surface area contributed by atoms with Crippen LogP contribution in [0.25, 0.3) is 0 Å². The van der Waals surface area contributed by atoms with Crippen molar-refractivity contribution in [2.75, 3.05) is 7.05 Å². The molecule has 1 aliphatic rings. The molecule has 1 nitrogen and oxygen atoms in total. The Morgan fingerprint density at radius 1 is 1.27 bits per heavy atom. The first kappa shape index (κ1) is 10.7. The van der Waals surface area contributed by atoms with Crippen molar-refractivity contribution in [1.29, 1.82) is 0 Å². The van der Waals surface area contributed by atoms with E-state index in [9.17, 15) is 0 Å². The van der Waals surface area contributed by atoms with E-state index in [0.29, 0.717) is 6.04 Å². The number of nitrogens with one attached hydrogen (secondary N) is 1. The Bertz CT molecular complexity index is 319. The third-order valence-electron chi connectivity index (χ3n) is 3.63. The monoisotopic (exact) mass is 203 g/mol. The van der Waals surface area contributed by atoms with Crippen molar-refractivity contribution in [2.24, 2.45) is 5.92 Å². The first-order chi connectivity index (χ1) is 7.22. The van der Waals surface area contributed by atoms with Crippen molar-refractivity contribution in [1.82, 2.24) is 5.32 Å². The lowest BCUT2D eigenvalue weighted by Gasteiger charge is -2.18. The molecule has 1 aromatic carbocycles. The van der Waals surface area contributed by atoms with Crippen LogP contribution in [0.2, 0.25) is 0 Å². The summed E-state index contributed by atoms with van der Waals surface area (Å²) in [5.41, 5.74) is 4.43. The average molecular weight is 203 g/mol. The highest BCUT2D eigenvalue weighted by Gasteiger charge is 2.30. The Hall–Kier alpha value is -0.820. The molecule has 1 saturated carbocycles. The summed E-state index contributed by atoms with van der Waals surface area (Å²) in [5, 5.41) is 3.47. The summed E-state index contributed by atoms with van der Waals surface area (Å²) in [6, 6.07) is 7.29. The van der Waals surface area contributed by atoms with Crippen LogP contribution in [0.4, 0.5) is 0 Å². The van der Waals surface area contributed by atoms with E-state index < -0.39 is 0 Å². The second-order valence-electron chi connectivity index (χ2n) is 4.81. The lowest BCUT2D eigenvalue weighted by Crippen LogP contribution is -2.30. The first-order valence-corrected chi connectivity index (χ1v) is 5.94.